The van der Waals surface area contributed by atoms with Gasteiger partial charge in [0, 0.05) is 23.1 Å². The number of fused-ring (bicyclic) bond motifs is 2. The van der Waals surface area contributed by atoms with Crippen molar-refractivity contribution in [3.05, 3.63) is 47.2 Å². The lowest BCUT2D eigenvalue weighted by Crippen LogP contribution is -2.62. The van der Waals surface area contributed by atoms with Gasteiger partial charge in [0.05, 0.1) is 5.02 Å². The minimum atomic E-state index is -3.75. The summed E-state index contributed by atoms with van der Waals surface area (Å²) in [5.74, 6) is -1.81. The third kappa shape index (κ3) is 4.40. The molecule has 1 unspecified atom stereocenters. The molecule has 1 atom stereocenters. The molecule has 6 rings (SSSR count). The molecule has 0 radical (unpaired) electrons. The van der Waals surface area contributed by atoms with Gasteiger partial charge in [-0.3, -0.25) is 9.59 Å². The summed E-state index contributed by atoms with van der Waals surface area (Å²) < 4.78 is 59.9. The van der Waals surface area contributed by atoms with Gasteiger partial charge in [-0.25, -0.2) is 4.39 Å². The van der Waals surface area contributed by atoms with Gasteiger partial charge in [-0.1, -0.05) is 11.6 Å². The average molecular weight is 513 g/mol. The Bertz CT molecular complexity index is 1200. The van der Waals surface area contributed by atoms with E-state index in [9.17, 15) is 22.8 Å². The summed E-state index contributed by atoms with van der Waals surface area (Å²) >= 11 is 5.70. The van der Waals surface area contributed by atoms with Crippen LogP contribution in [0.1, 0.15) is 25.7 Å². The van der Waals surface area contributed by atoms with Gasteiger partial charge < -0.3 is 30.0 Å². The third-order valence-corrected chi connectivity index (χ3v) is 6.90. The number of nitrogens with one attached hydrogen (secondary N) is 1. The number of hydrogen-bond acceptors (Lipinski definition) is 6. The first-order valence-electron chi connectivity index (χ1n) is 10.7. The van der Waals surface area contributed by atoms with Crippen LogP contribution in [0.15, 0.2) is 36.4 Å². The standard InChI is InChI=1S/C23H20ClF3N2O6/c24-14-3-1-13(7-15(14)25)33-19(20(28)31)21-5-6-22(10-21,11-21)29-18(30)9-32-12-2-4-16-17(8-12)35-23(26,27)34-16/h1-4,7-8,19H,5-6,9-11H2,(H2,28,31)(H,29,30). The van der Waals surface area contributed by atoms with Crippen LogP contribution in [-0.2, 0) is 9.59 Å². The van der Waals surface area contributed by atoms with Gasteiger partial charge in [0.1, 0.15) is 17.3 Å². The molecule has 12 heteroatoms. The van der Waals surface area contributed by atoms with Gasteiger partial charge in [-0.05, 0) is 49.9 Å². The lowest BCUT2D eigenvalue weighted by atomic mass is 9.61. The van der Waals surface area contributed by atoms with Crippen LogP contribution in [0.5, 0.6) is 23.0 Å². The zero-order chi connectivity index (χ0) is 25.0. The smallest absolute Gasteiger partial charge is 0.484 e. The minimum Gasteiger partial charge on any atom is -0.484 e. The highest BCUT2D eigenvalue weighted by Crippen LogP contribution is 2.63. The third-order valence-electron chi connectivity index (χ3n) is 6.59. The summed E-state index contributed by atoms with van der Waals surface area (Å²) in [5, 5.41) is 2.86. The Hall–Kier alpha value is -3.34. The van der Waals surface area contributed by atoms with Crippen molar-refractivity contribution in [2.45, 2.75) is 43.6 Å². The molecule has 3 fully saturated rings. The lowest BCUT2D eigenvalue weighted by molar-refractivity contribution is -0.286. The van der Waals surface area contributed by atoms with Crippen LogP contribution in [0.2, 0.25) is 5.02 Å². The SMILES string of the molecule is NC(=O)C(Oc1ccc(Cl)c(F)c1)C12CCC(NC(=O)COc3ccc4c(c3)OC(F)(F)O4)(C1)C2. The molecule has 0 spiro atoms. The molecular weight excluding hydrogens is 493 g/mol. The molecule has 2 aromatic carbocycles. The van der Waals surface area contributed by atoms with E-state index in [0.717, 1.165) is 6.07 Å². The second kappa shape index (κ2) is 8.11. The fraction of sp³-hybridized carbons (Fsp3) is 0.391. The summed E-state index contributed by atoms with van der Waals surface area (Å²) in [7, 11) is 0. The van der Waals surface area contributed by atoms with Gasteiger partial charge in [-0.2, -0.15) is 0 Å². The molecule has 2 aromatic rings. The first kappa shape index (κ1) is 23.4. The highest BCUT2D eigenvalue weighted by Gasteiger charge is 2.66. The average Bonchev–Trinajstić information content (AvgIpc) is 3.40. The van der Waals surface area contributed by atoms with Gasteiger partial charge in [-0.15, -0.1) is 8.78 Å². The molecule has 0 saturated heterocycles. The summed E-state index contributed by atoms with van der Waals surface area (Å²) in [6, 6.07) is 7.72. The summed E-state index contributed by atoms with van der Waals surface area (Å²) in [6.07, 6.45) is -2.67. The van der Waals surface area contributed by atoms with Crippen molar-refractivity contribution in [2.75, 3.05) is 6.61 Å². The van der Waals surface area contributed by atoms with E-state index in [0.29, 0.717) is 25.7 Å². The van der Waals surface area contributed by atoms with Crippen LogP contribution < -0.4 is 30.0 Å². The molecule has 35 heavy (non-hydrogen) atoms. The minimum absolute atomic E-state index is 0.0710. The maximum atomic E-state index is 13.8. The summed E-state index contributed by atoms with van der Waals surface area (Å²) in [6.45, 7) is -0.357. The van der Waals surface area contributed by atoms with E-state index >= 15 is 0 Å². The largest absolute Gasteiger partial charge is 0.586 e. The predicted octanol–water partition coefficient (Wildman–Crippen LogP) is 3.54. The molecule has 2 amide bonds. The number of hydrogen-bond donors (Lipinski definition) is 2. The van der Waals surface area contributed by atoms with E-state index < -0.39 is 41.0 Å². The fourth-order valence-corrected chi connectivity index (χ4v) is 5.39. The predicted molar refractivity (Wildman–Crippen MR) is 115 cm³/mol. The van der Waals surface area contributed by atoms with Crippen molar-refractivity contribution >= 4 is 23.4 Å². The number of nitrogens with two attached hydrogens (primary N) is 1. The van der Waals surface area contributed by atoms with E-state index in [1.54, 1.807) is 0 Å². The molecule has 8 nitrogen and oxygen atoms in total. The number of rotatable bonds is 8. The van der Waals surface area contributed by atoms with Crippen LogP contribution in [0.4, 0.5) is 13.2 Å². The second-order valence-corrected chi connectivity index (χ2v) is 9.49. The fourth-order valence-electron chi connectivity index (χ4n) is 5.28. The van der Waals surface area contributed by atoms with Gasteiger partial charge in [0.25, 0.3) is 11.8 Å². The van der Waals surface area contributed by atoms with E-state index in [-0.39, 0.29) is 34.6 Å². The highest BCUT2D eigenvalue weighted by molar-refractivity contribution is 6.30. The van der Waals surface area contributed by atoms with Crippen LogP contribution >= 0.6 is 11.6 Å². The summed E-state index contributed by atoms with van der Waals surface area (Å²) in [4.78, 5) is 24.7. The van der Waals surface area contributed by atoms with Crippen molar-refractivity contribution in [2.24, 2.45) is 11.1 Å². The zero-order valence-corrected chi connectivity index (χ0v) is 18.9. The van der Waals surface area contributed by atoms with E-state index in [1.807, 2.05) is 0 Å². The Balaban J connectivity index is 1.17. The van der Waals surface area contributed by atoms with Gasteiger partial charge >= 0.3 is 6.29 Å². The number of carbonyl (C=O) groups is 2. The van der Waals surface area contributed by atoms with Gasteiger partial charge in [0.15, 0.2) is 24.2 Å². The van der Waals surface area contributed by atoms with Crippen molar-refractivity contribution in [1.29, 1.82) is 0 Å². The molecule has 2 bridgehead atoms. The Kier molecular flexibility index (Phi) is 5.42. The maximum absolute atomic E-state index is 13.8. The quantitative estimate of drug-likeness (QED) is 0.560. The lowest BCUT2D eigenvalue weighted by Gasteiger charge is -2.50. The Morgan fingerprint density at radius 1 is 1.09 bits per heavy atom. The topological polar surface area (TPSA) is 109 Å². The molecule has 0 aromatic heterocycles. The molecular formula is C23H20ClF3N2O6. The Morgan fingerprint density at radius 2 is 1.80 bits per heavy atom. The Labute approximate surface area is 202 Å². The highest BCUT2D eigenvalue weighted by atomic mass is 35.5. The number of carbonyl (C=O) groups excluding carboxylic acids is 2. The number of halogens is 4. The molecule has 4 aliphatic rings. The first-order valence-corrected chi connectivity index (χ1v) is 11.1. The number of benzene rings is 2. The monoisotopic (exact) mass is 512 g/mol. The van der Waals surface area contributed by atoms with E-state index in [4.69, 9.17) is 26.8 Å². The van der Waals surface area contributed by atoms with Gasteiger partial charge in [0.2, 0.25) is 0 Å². The number of amides is 2. The van der Waals surface area contributed by atoms with Crippen LogP contribution in [0, 0.1) is 11.2 Å². The normalized spacial score (nSPS) is 25.9. The zero-order valence-electron chi connectivity index (χ0n) is 18.1. The molecule has 3 N–H and O–H groups in total. The van der Waals surface area contributed by atoms with Crippen molar-refractivity contribution in [3.63, 3.8) is 0 Å². The molecule has 186 valence electrons. The van der Waals surface area contributed by atoms with E-state index in [1.165, 1.54) is 30.3 Å². The van der Waals surface area contributed by atoms with Crippen molar-refractivity contribution in [1.82, 2.24) is 5.32 Å². The molecule has 1 aliphatic heterocycles. The van der Waals surface area contributed by atoms with Crippen LogP contribution in [0.25, 0.3) is 0 Å². The molecule has 1 heterocycles. The van der Waals surface area contributed by atoms with Crippen LogP contribution in [-0.4, -0.2) is 36.4 Å². The van der Waals surface area contributed by atoms with Crippen molar-refractivity contribution < 1.29 is 41.7 Å². The number of primary amides is 1. The first-order chi connectivity index (χ1) is 16.5. The van der Waals surface area contributed by atoms with Crippen molar-refractivity contribution in [3.8, 4) is 23.0 Å². The number of alkyl halides is 2. The molecule has 3 aliphatic carbocycles. The molecule has 3 saturated carbocycles. The Morgan fingerprint density at radius 3 is 2.51 bits per heavy atom. The summed E-state index contributed by atoms with van der Waals surface area (Å²) in [5.41, 5.74) is 4.47. The second-order valence-electron chi connectivity index (χ2n) is 9.09. The maximum Gasteiger partial charge on any atom is 0.586 e. The number of ether oxygens (including phenoxy) is 4. The van der Waals surface area contributed by atoms with E-state index in [2.05, 4.69) is 14.8 Å². The van der Waals surface area contributed by atoms with Crippen LogP contribution in [0.3, 0.4) is 0 Å².